The van der Waals surface area contributed by atoms with Crippen LogP contribution < -0.4 is 0 Å². The molecule has 1 atom stereocenters. The van der Waals surface area contributed by atoms with Gasteiger partial charge in [0.1, 0.15) is 11.2 Å². The van der Waals surface area contributed by atoms with Gasteiger partial charge in [0.05, 0.1) is 10.8 Å². The normalized spacial score (nSPS) is 13.7. The summed E-state index contributed by atoms with van der Waals surface area (Å²) in [6.45, 7) is 0. The summed E-state index contributed by atoms with van der Waals surface area (Å²) < 4.78 is 9.03. The van der Waals surface area contributed by atoms with E-state index in [0.717, 1.165) is 133 Å². The lowest BCUT2D eigenvalue weighted by Crippen LogP contribution is -2.28. The highest BCUT2D eigenvalue weighted by Gasteiger charge is 2.49. The van der Waals surface area contributed by atoms with Crippen LogP contribution in [0.1, 0.15) is 44.5 Å². The van der Waals surface area contributed by atoms with E-state index in [1.54, 1.807) is 22.7 Å². The van der Waals surface area contributed by atoms with Crippen molar-refractivity contribution in [2.24, 2.45) is 0 Å². The highest BCUT2D eigenvalue weighted by atomic mass is 32.1. The molecule has 117 heavy (non-hydrogen) atoms. The molecule has 0 amide bonds. The Bertz CT molecular complexity index is 7400. The summed E-state index contributed by atoms with van der Waals surface area (Å²) in [6.07, 6.45) is 3.93. The third-order valence-electron chi connectivity index (χ3n) is 23.7. The number of para-hydroxylation sites is 1. The standard InChI is InChI=1S/C107H65N7OS2/c1-4-26-78(27-5-1)106(79-28-6-2-7-29-79)88-38-15-12-34-84(88)98-86(36-21-40-90(98)106)104-111-100(109-101(112-104)70-53-47-67(48-54-70)96-62-73-23-10-18-43-94(73)116-96)69-51-45-66(46-52-69)76-59-77(65-108-64-76)72-25-20-32-81(60-72)107(80-30-8-3-9-31-80)89-39-16-13-35-85(89)99-87(37-22-41-91(99)107)105-113-102(71-55-49-68(50-56-71)97-63-74-24-11-19-44-95(74)117-97)110-103(114-105)75-57-58-83-82-33-14-17-42-92(82)115-93(83)61-75/h1-65H. The Hall–Kier alpha value is -14.8. The quantitative estimate of drug-likeness (QED) is 0.106. The van der Waals surface area contributed by atoms with Crippen LogP contribution in [-0.4, -0.2) is 34.9 Å². The molecule has 0 saturated heterocycles. The van der Waals surface area contributed by atoms with Crippen molar-refractivity contribution in [3.8, 4) is 134 Å². The summed E-state index contributed by atoms with van der Waals surface area (Å²) in [7, 11) is 0. The van der Waals surface area contributed by atoms with E-state index >= 15 is 0 Å². The van der Waals surface area contributed by atoms with Gasteiger partial charge >= 0.3 is 0 Å². The van der Waals surface area contributed by atoms with E-state index in [2.05, 4.69) is 364 Å². The van der Waals surface area contributed by atoms with Crippen LogP contribution in [0, 0.1) is 0 Å². The van der Waals surface area contributed by atoms with E-state index < -0.39 is 10.8 Å². The van der Waals surface area contributed by atoms with Gasteiger partial charge in [-0.05, 0) is 154 Å². The van der Waals surface area contributed by atoms with Crippen LogP contribution in [0.15, 0.2) is 399 Å². The number of furan rings is 1. The number of rotatable bonds is 14. The monoisotopic (exact) mass is 1530 g/mol. The zero-order valence-electron chi connectivity index (χ0n) is 62.9. The SMILES string of the molecule is c1ccc(C2(c3ccccc3)c3ccccc3-c3c(-c4nc(-c5ccc(-c6cncc(-c7cccc(C8(c9ccccc9)c9ccccc9-c9c(-c%10nc(-c%11ccc(-c%12cc%13ccccc%13s%12)cc%11)nc(-c%11ccc%12c(c%11)oc%11ccccc%11%12)n%10)cccc98)c7)c6)cc5)nc(-c5ccc(-c6cc7ccccc7s6)cc5)n4)cccc32)cc1. The molecule has 0 fully saturated rings. The molecule has 21 aromatic rings. The maximum absolute atomic E-state index is 6.51. The Labute approximate surface area is 682 Å². The molecule has 6 heterocycles. The van der Waals surface area contributed by atoms with Crippen molar-refractivity contribution in [2.75, 3.05) is 0 Å². The molecule has 2 aliphatic carbocycles. The highest BCUT2D eigenvalue weighted by molar-refractivity contribution is 7.22. The predicted octanol–water partition coefficient (Wildman–Crippen LogP) is 27.2. The van der Waals surface area contributed by atoms with Crippen LogP contribution in [0.4, 0.5) is 0 Å². The molecule has 0 N–H and O–H groups in total. The zero-order valence-corrected chi connectivity index (χ0v) is 64.5. The van der Waals surface area contributed by atoms with Crippen molar-refractivity contribution in [1.82, 2.24) is 34.9 Å². The molecule has 546 valence electrons. The van der Waals surface area contributed by atoms with Crippen LogP contribution in [0.5, 0.6) is 0 Å². The van der Waals surface area contributed by atoms with Gasteiger partial charge in [0, 0.05) is 86.8 Å². The fourth-order valence-corrected chi connectivity index (χ4v) is 20.5. The highest BCUT2D eigenvalue weighted by Crippen LogP contribution is 2.61. The van der Waals surface area contributed by atoms with Gasteiger partial charge in [0.2, 0.25) is 0 Å². The van der Waals surface area contributed by atoms with E-state index in [9.17, 15) is 0 Å². The Morgan fingerprint density at radius 1 is 0.222 bits per heavy atom. The Balaban J connectivity index is 0.624. The molecule has 0 bridgehead atoms. The van der Waals surface area contributed by atoms with Crippen molar-refractivity contribution in [3.63, 3.8) is 0 Å². The number of hydrogen-bond donors (Lipinski definition) is 0. The minimum atomic E-state index is -0.786. The number of nitrogens with zero attached hydrogens (tertiary/aromatic N) is 7. The second-order valence-corrected chi connectivity index (χ2v) is 32.3. The van der Waals surface area contributed by atoms with Crippen molar-refractivity contribution in [3.05, 3.63) is 439 Å². The summed E-state index contributed by atoms with van der Waals surface area (Å²) in [6, 6.07) is 137. The summed E-state index contributed by atoms with van der Waals surface area (Å²) in [5.74, 6) is 3.43. The Morgan fingerprint density at radius 2 is 0.598 bits per heavy atom. The smallest absolute Gasteiger partial charge is 0.164 e. The van der Waals surface area contributed by atoms with Gasteiger partial charge in [-0.3, -0.25) is 4.98 Å². The van der Waals surface area contributed by atoms with E-state index in [0.29, 0.717) is 34.9 Å². The van der Waals surface area contributed by atoms with Gasteiger partial charge in [-0.15, -0.1) is 22.7 Å². The minimum absolute atomic E-state index is 0.546. The van der Waals surface area contributed by atoms with E-state index in [4.69, 9.17) is 39.3 Å². The molecule has 8 nitrogen and oxygen atoms in total. The number of pyridine rings is 1. The molecule has 23 rings (SSSR count). The number of hydrogen-bond acceptors (Lipinski definition) is 10. The topological polar surface area (TPSA) is 103 Å². The van der Waals surface area contributed by atoms with Gasteiger partial charge in [-0.25, -0.2) is 29.9 Å². The van der Waals surface area contributed by atoms with E-state index in [1.807, 2.05) is 30.6 Å². The van der Waals surface area contributed by atoms with Gasteiger partial charge < -0.3 is 4.42 Å². The largest absolute Gasteiger partial charge is 0.456 e. The van der Waals surface area contributed by atoms with Crippen molar-refractivity contribution in [1.29, 1.82) is 0 Å². The van der Waals surface area contributed by atoms with Crippen LogP contribution in [-0.2, 0) is 10.8 Å². The molecule has 10 heteroatoms. The van der Waals surface area contributed by atoms with Gasteiger partial charge in [-0.2, -0.15) is 0 Å². The van der Waals surface area contributed by atoms with Crippen LogP contribution in [0.2, 0.25) is 0 Å². The van der Waals surface area contributed by atoms with Crippen molar-refractivity contribution < 1.29 is 4.42 Å². The van der Waals surface area contributed by atoms with Gasteiger partial charge in [0.25, 0.3) is 0 Å². The van der Waals surface area contributed by atoms with Crippen LogP contribution in [0.25, 0.3) is 176 Å². The average molecular weight is 1530 g/mol. The molecule has 0 saturated carbocycles. The molecule has 6 aromatic heterocycles. The first kappa shape index (κ1) is 67.8. The predicted molar refractivity (Wildman–Crippen MR) is 478 cm³/mol. The number of fused-ring (bicyclic) bond motifs is 11. The van der Waals surface area contributed by atoms with Crippen LogP contribution in [0.3, 0.4) is 0 Å². The third-order valence-corrected chi connectivity index (χ3v) is 26.0. The van der Waals surface area contributed by atoms with Crippen molar-refractivity contribution >= 4 is 64.8 Å². The van der Waals surface area contributed by atoms with E-state index in [1.165, 1.54) is 52.2 Å². The zero-order chi connectivity index (χ0) is 77.1. The fourth-order valence-electron chi connectivity index (χ4n) is 18.4. The first-order valence-electron chi connectivity index (χ1n) is 39.4. The first-order chi connectivity index (χ1) is 57.9. The maximum atomic E-state index is 6.51. The second-order valence-electron chi connectivity index (χ2n) is 30.1. The molecular weight excluding hydrogens is 1460 g/mol. The summed E-state index contributed by atoms with van der Waals surface area (Å²) >= 11 is 3.60. The third kappa shape index (κ3) is 11.1. The lowest BCUT2D eigenvalue weighted by molar-refractivity contribution is 0.669. The lowest BCUT2D eigenvalue weighted by Gasteiger charge is -2.34. The number of aromatic nitrogens is 7. The summed E-state index contributed by atoms with van der Waals surface area (Å²) in [5.41, 5.74) is 25.5. The number of thiophene rings is 2. The van der Waals surface area contributed by atoms with E-state index in [-0.39, 0.29) is 0 Å². The van der Waals surface area contributed by atoms with Gasteiger partial charge in [0.15, 0.2) is 34.9 Å². The van der Waals surface area contributed by atoms with Crippen LogP contribution >= 0.6 is 22.7 Å². The van der Waals surface area contributed by atoms with Crippen molar-refractivity contribution in [2.45, 2.75) is 10.8 Å². The minimum Gasteiger partial charge on any atom is -0.456 e. The Morgan fingerprint density at radius 3 is 1.12 bits per heavy atom. The average Bonchev–Trinajstić information content (AvgIpc) is 1.54. The summed E-state index contributed by atoms with van der Waals surface area (Å²) in [4.78, 5) is 40.2. The Kier molecular flexibility index (Phi) is 15.9. The molecule has 0 aliphatic heterocycles. The second kappa shape index (κ2) is 27.5. The number of benzene rings is 15. The molecule has 0 radical (unpaired) electrons. The molecule has 2 aliphatic rings. The molecule has 15 aromatic carbocycles. The molecule has 1 unspecified atom stereocenters. The molecular formula is C107H65N7OS2. The summed E-state index contributed by atoms with van der Waals surface area (Å²) in [5, 5.41) is 4.57. The fraction of sp³-hybridized carbons (Fsp3) is 0.0187. The maximum Gasteiger partial charge on any atom is 0.164 e. The first-order valence-corrected chi connectivity index (χ1v) is 41.0. The van der Waals surface area contributed by atoms with Gasteiger partial charge in [-0.1, -0.05) is 328 Å². The molecule has 0 spiro atoms. The lowest BCUT2D eigenvalue weighted by atomic mass is 9.67.